The molecular weight excluding hydrogens is 226 g/mol. The molecule has 2 unspecified atom stereocenters. The lowest BCUT2D eigenvalue weighted by atomic mass is 10.0. The third kappa shape index (κ3) is 3.10. The molecule has 18 heavy (non-hydrogen) atoms. The molecule has 3 nitrogen and oxygen atoms in total. The number of carbonyl (C=O) groups excluding carboxylic acids is 1. The normalized spacial score (nSPS) is 20.7. The first-order chi connectivity index (χ1) is 8.70. The Labute approximate surface area is 109 Å². The molecule has 3 heteroatoms. The number of carbonyl (C=O) groups is 1. The Morgan fingerprint density at radius 1 is 1.44 bits per heavy atom. The van der Waals surface area contributed by atoms with E-state index in [4.69, 9.17) is 4.74 Å². The summed E-state index contributed by atoms with van der Waals surface area (Å²) in [5.41, 5.74) is 2.40. The molecule has 1 N–H and O–H groups in total. The van der Waals surface area contributed by atoms with E-state index in [1.54, 1.807) is 0 Å². The van der Waals surface area contributed by atoms with Crippen LogP contribution in [0.15, 0.2) is 24.3 Å². The molecule has 0 aromatic heterocycles. The average Bonchev–Trinajstić information content (AvgIpc) is 2.91. The molecule has 1 amide bonds. The lowest BCUT2D eigenvalue weighted by Crippen LogP contribution is -2.36. The van der Waals surface area contributed by atoms with E-state index in [1.165, 1.54) is 5.56 Å². The van der Waals surface area contributed by atoms with Crippen molar-refractivity contribution in [2.24, 2.45) is 0 Å². The lowest BCUT2D eigenvalue weighted by Gasteiger charge is -2.19. The summed E-state index contributed by atoms with van der Waals surface area (Å²) in [5.74, 6) is 0.0277. The van der Waals surface area contributed by atoms with Crippen molar-refractivity contribution in [1.29, 1.82) is 0 Å². The molecule has 1 heterocycles. The fourth-order valence-corrected chi connectivity index (χ4v) is 2.27. The molecule has 0 bridgehead atoms. The fourth-order valence-electron chi connectivity index (χ4n) is 2.27. The quantitative estimate of drug-likeness (QED) is 0.888. The topological polar surface area (TPSA) is 38.3 Å². The van der Waals surface area contributed by atoms with E-state index in [1.807, 2.05) is 0 Å². The van der Waals surface area contributed by atoms with Crippen LogP contribution in [0.4, 0.5) is 0 Å². The zero-order valence-electron chi connectivity index (χ0n) is 11.1. The van der Waals surface area contributed by atoms with Crippen molar-refractivity contribution in [3.8, 4) is 0 Å². The Morgan fingerprint density at radius 3 is 2.72 bits per heavy atom. The highest BCUT2D eigenvalue weighted by Gasteiger charge is 2.25. The Kier molecular flexibility index (Phi) is 4.37. The molecule has 2 atom stereocenters. The number of aryl methyl sites for hydroxylation is 1. The maximum absolute atomic E-state index is 12.0. The van der Waals surface area contributed by atoms with Crippen LogP contribution in [0.2, 0.25) is 0 Å². The summed E-state index contributed by atoms with van der Waals surface area (Å²) in [6.45, 7) is 4.86. The van der Waals surface area contributed by atoms with Crippen molar-refractivity contribution in [2.75, 3.05) is 6.61 Å². The maximum atomic E-state index is 12.0. The zero-order chi connectivity index (χ0) is 13.0. The summed E-state index contributed by atoms with van der Waals surface area (Å²) in [5, 5.41) is 3.08. The smallest absolute Gasteiger partial charge is 0.249 e. The van der Waals surface area contributed by atoms with Gasteiger partial charge in [0.25, 0.3) is 0 Å². The van der Waals surface area contributed by atoms with Gasteiger partial charge in [0.05, 0.1) is 6.04 Å². The van der Waals surface area contributed by atoms with E-state index in [9.17, 15) is 4.79 Å². The first-order valence-electron chi connectivity index (χ1n) is 6.69. The van der Waals surface area contributed by atoms with Crippen LogP contribution in [0.1, 0.15) is 43.4 Å². The lowest BCUT2D eigenvalue weighted by molar-refractivity contribution is -0.130. The monoisotopic (exact) mass is 247 g/mol. The summed E-state index contributed by atoms with van der Waals surface area (Å²) in [4.78, 5) is 12.0. The number of ether oxygens (including phenoxy) is 1. The third-order valence-electron chi connectivity index (χ3n) is 3.43. The average molecular weight is 247 g/mol. The van der Waals surface area contributed by atoms with Crippen LogP contribution in [-0.2, 0) is 9.53 Å². The standard InChI is InChI=1S/C15H21NO2/c1-3-13(12-8-6-11(2)7-9-12)16-15(17)14-5-4-10-18-14/h6-9,13-14H,3-5,10H2,1-2H3,(H,16,17). The van der Waals surface area contributed by atoms with Gasteiger partial charge in [-0.25, -0.2) is 0 Å². The molecule has 1 aliphatic rings. The number of hydrogen-bond donors (Lipinski definition) is 1. The Morgan fingerprint density at radius 2 is 2.17 bits per heavy atom. The highest BCUT2D eigenvalue weighted by Crippen LogP contribution is 2.19. The number of benzene rings is 1. The van der Waals surface area contributed by atoms with E-state index in [-0.39, 0.29) is 18.1 Å². The van der Waals surface area contributed by atoms with Gasteiger partial charge < -0.3 is 10.1 Å². The van der Waals surface area contributed by atoms with Crippen molar-refractivity contribution < 1.29 is 9.53 Å². The second-order valence-corrected chi connectivity index (χ2v) is 4.88. The Balaban J connectivity index is 2.00. The number of nitrogens with one attached hydrogen (secondary N) is 1. The van der Waals surface area contributed by atoms with E-state index in [0.717, 1.165) is 24.8 Å². The van der Waals surface area contributed by atoms with Crippen LogP contribution in [-0.4, -0.2) is 18.6 Å². The molecule has 2 rings (SSSR count). The second kappa shape index (κ2) is 6.01. The van der Waals surface area contributed by atoms with E-state index < -0.39 is 0 Å². The summed E-state index contributed by atoms with van der Waals surface area (Å²) < 4.78 is 5.40. The first kappa shape index (κ1) is 13.1. The van der Waals surface area contributed by atoms with Gasteiger partial charge in [0.15, 0.2) is 0 Å². The van der Waals surface area contributed by atoms with Gasteiger partial charge in [-0.15, -0.1) is 0 Å². The molecule has 0 radical (unpaired) electrons. The summed E-state index contributed by atoms with van der Waals surface area (Å²) in [6, 6.07) is 8.41. The molecule has 98 valence electrons. The van der Waals surface area contributed by atoms with Gasteiger partial charge >= 0.3 is 0 Å². The van der Waals surface area contributed by atoms with Crippen LogP contribution in [0.5, 0.6) is 0 Å². The number of amides is 1. The number of hydrogen-bond acceptors (Lipinski definition) is 2. The molecular formula is C15H21NO2. The first-order valence-corrected chi connectivity index (χ1v) is 6.69. The summed E-state index contributed by atoms with van der Waals surface area (Å²) in [7, 11) is 0. The molecule has 1 aromatic carbocycles. The van der Waals surface area contributed by atoms with Gasteiger partial charge in [-0.3, -0.25) is 4.79 Å². The Hall–Kier alpha value is -1.35. The van der Waals surface area contributed by atoms with Crippen molar-refractivity contribution in [3.63, 3.8) is 0 Å². The minimum atomic E-state index is -0.246. The molecule has 0 spiro atoms. The van der Waals surface area contributed by atoms with E-state index in [0.29, 0.717) is 6.61 Å². The maximum Gasteiger partial charge on any atom is 0.249 e. The highest BCUT2D eigenvalue weighted by atomic mass is 16.5. The van der Waals surface area contributed by atoms with Gasteiger partial charge in [-0.2, -0.15) is 0 Å². The minimum absolute atomic E-state index is 0.0277. The van der Waals surface area contributed by atoms with Gasteiger partial charge in [0.2, 0.25) is 5.91 Å². The summed E-state index contributed by atoms with van der Waals surface area (Å²) >= 11 is 0. The molecule has 1 aliphatic heterocycles. The molecule has 1 saturated heterocycles. The van der Waals surface area contributed by atoms with Gasteiger partial charge in [0.1, 0.15) is 6.10 Å². The molecule has 0 aliphatic carbocycles. The van der Waals surface area contributed by atoms with Crippen LogP contribution < -0.4 is 5.32 Å². The van der Waals surface area contributed by atoms with Gasteiger partial charge in [-0.1, -0.05) is 36.8 Å². The van der Waals surface area contributed by atoms with Crippen molar-refractivity contribution in [1.82, 2.24) is 5.32 Å². The van der Waals surface area contributed by atoms with Crippen molar-refractivity contribution in [3.05, 3.63) is 35.4 Å². The van der Waals surface area contributed by atoms with Crippen molar-refractivity contribution >= 4 is 5.91 Å². The Bertz CT molecular complexity index is 393. The van der Waals surface area contributed by atoms with E-state index in [2.05, 4.69) is 43.4 Å². The van der Waals surface area contributed by atoms with Gasteiger partial charge in [0, 0.05) is 6.61 Å². The second-order valence-electron chi connectivity index (χ2n) is 4.88. The summed E-state index contributed by atoms with van der Waals surface area (Å²) in [6.07, 6.45) is 2.47. The predicted molar refractivity (Wildman–Crippen MR) is 71.3 cm³/mol. The molecule has 0 saturated carbocycles. The van der Waals surface area contributed by atoms with E-state index >= 15 is 0 Å². The minimum Gasteiger partial charge on any atom is -0.368 e. The molecule has 1 aromatic rings. The van der Waals surface area contributed by atoms with Crippen LogP contribution in [0.25, 0.3) is 0 Å². The number of rotatable bonds is 4. The van der Waals surface area contributed by atoms with Crippen LogP contribution in [0, 0.1) is 6.92 Å². The highest BCUT2D eigenvalue weighted by molar-refractivity contribution is 5.81. The SMILES string of the molecule is CCC(NC(=O)C1CCCO1)c1ccc(C)cc1. The largest absolute Gasteiger partial charge is 0.368 e. The molecule has 1 fully saturated rings. The van der Waals surface area contributed by atoms with Crippen molar-refractivity contribution in [2.45, 2.75) is 45.3 Å². The van der Waals surface area contributed by atoms with Crippen LogP contribution in [0.3, 0.4) is 0 Å². The van der Waals surface area contributed by atoms with Crippen LogP contribution >= 0.6 is 0 Å². The zero-order valence-corrected chi connectivity index (χ0v) is 11.1. The third-order valence-corrected chi connectivity index (χ3v) is 3.43. The fraction of sp³-hybridized carbons (Fsp3) is 0.533. The predicted octanol–water partition coefficient (Wildman–Crippen LogP) is 2.74. The van der Waals surface area contributed by atoms with Gasteiger partial charge in [-0.05, 0) is 31.7 Å².